The van der Waals surface area contributed by atoms with Crippen LogP contribution in [-0.2, 0) is 0 Å². The number of carbonyl (C=O) groups is 1. The number of aromatic nitrogens is 1. The molecule has 2 heterocycles. The van der Waals surface area contributed by atoms with E-state index in [2.05, 4.69) is 10.3 Å². The van der Waals surface area contributed by atoms with Crippen LogP contribution >= 0.6 is 0 Å². The maximum absolute atomic E-state index is 12.7. The number of hydrogen-bond donors (Lipinski definition) is 1. The van der Waals surface area contributed by atoms with Gasteiger partial charge in [0.2, 0.25) is 0 Å². The zero-order valence-electron chi connectivity index (χ0n) is 11.9. The van der Waals surface area contributed by atoms with Gasteiger partial charge in [-0.1, -0.05) is 18.2 Å². The van der Waals surface area contributed by atoms with Crippen molar-refractivity contribution in [1.82, 2.24) is 15.2 Å². The van der Waals surface area contributed by atoms with E-state index in [-0.39, 0.29) is 5.91 Å². The first-order valence-corrected chi connectivity index (χ1v) is 7.02. The van der Waals surface area contributed by atoms with Gasteiger partial charge in [0.1, 0.15) is 0 Å². The average molecular weight is 269 g/mol. The monoisotopic (exact) mass is 269 g/mol. The lowest BCUT2D eigenvalue weighted by Gasteiger charge is -2.18. The van der Waals surface area contributed by atoms with Gasteiger partial charge in [-0.15, -0.1) is 0 Å². The van der Waals surface area contributed by atoms with Gasteiger partial charge in [0.15, 0.2) is 0 Å². The number of rotatable bonds is 2. The Morgan fingerprint density at radius 3 is 2.95 bits per heavy atom. The minimum Gasteiger partial charge on any atom is -0.337 e. The molecule has 0 aliphatic carbocycles. The second-order valence-corrected chi connectivity index (χ2v) is 5.35. The summed E-state index contributed by atoms with van der Waals surface area (Å²) in [7, 11) is 1.95. The molecule has 1 fully saturated rings. The molecule has 1 unspecified atom stereocenters. The Morgan fingerprint density at radius 2 is 2.20 bits per heavy atom. The molecular formula is C16H19N3O. The van der Waals surface area contributed by atoms with Crippen LogP contribution in [0.2, 0.25) is 0 Å². The number of nitrogens with one attached hydrogen (secondary N) is 1. The molecule has 3 rings (SSSR count). The number of pyridine rings is 1. The number of amides is 1. The molecule has 1 aliphatic heterocycles. The molecule has 1 atom stereocenters. The van der Waals surface area contributed by atoms with Gasteiger partial charge in [-0.25, -0.2) is 0 Å². The Labute approximate surface area is 118 Å². The molecule has 1 amide bonds. The van der Waals surface area contributed by atoms with E-state index in [1.54, 1.807) is 0 Å². The zero-order valence-corrected chi connectivity index (χ0v) is 11.9. The quantitative estimate of drug-likeness (QED) is 0.906. The van der Waals surface area contributed by atoms with Crippen LogP contribution in [0, 0.1) is 6.92 Å². The summed E-state index contributed by atoms with van der Waals surface area (Å²) in [5.74, 6) is 0.115. The Bertz CT molecular complexity index is 653. The topological polar surface area (TPSA) is 45.2 Å². The van der Waals surface area contributed by atoms with Crippen molar-refractivity contribution in [3.05, 3.63) is 41.6 Å². The minimum atomic E-state index is 0.115. The van der Waals surface area contributed by atoms with Gasteiger partial charge in [-0.05, 0) is 32.5 Å². The third-order valence-corrected chi connectivity index (χ3v) is 3.96. The van der Waals surface area contributed by atoms with Crippen molar-refractivity contribution in [1.29, 1.82) is 0 Å². The molecule has 2 aromatic rings. The van der Waals surface area contributed by atoms with Crippen molar-refractivity contribution >= 4 is 16.8 Å². The number of fused-ring (bicyclic) bond motifs is 1. The number of likely N-dealkylation sites (N-methyl/N-ethyl adjacent to an activating group) is 1. The van der Waals surface area contributed by atoms with Crippen molar-refractivity contribution in [3.8, 4) is 0 Å². The third-order valence-electron chi connectivity index (χ3n) is 3.96. The molecule has 4 heteroatoms. The zero-order chi connectivity index (χ0) is 14.1. The number of carbonyl (C=O) groups excluding carboxylic acids is 1. The number of benzene rings is 1. The summed E-state index contributed by atoms with van der Waals surface area (Å²) in [6.07, 6.45) is 1.02. The number of para-hydroxylation sites is 1. The molecule has 0 spiro atoms. The second kappa shape index (κ2) is 5.21. The van der Waals surface area contributed by atoms with Gasteiger partial charge < -0.3 is 10.2 Å². The van der Waals surface area contributed by atoms with Crippen LogP contribution < -0.4 is 5.32 Å². The van der Waals surface area contributed by atoms with E-state index in [4.69, 9.17) is 0 Å². The smallest absolute Gasteiger partial charge is 0.254 e. The summed E-state index contributed by atoms with van der Waals surface area (Å²) in [6.45, 7) is 3.54. The fraction of sp³-hybridized carbons (Fsp3) is 0.375. The fourth-order valence-electron chi connectivity index (χ4n) is 2.84. The predicted octanol–water partition coefficient (Wildman–Crippen LogP) is 1.98. The van der Waals surface area contributed by atoms with Crippen LogP contribution in [0.1, 0.15) is 22.5 Å². The standard InChI is InChI=1S/C16H19N3O/c1-11-9-14(13-5-3-4-6-15(13)18-11)16(20)19-8-7-12(10-19)17-2/h3-6,9,12,17H,7-8,10H2,1-2H3. The Hall–Kier alpha value is -1.94. The van der Waals surface area contributed by atoms with Crippen LogP contribution in [0.25, 0.3) is 10.9 Å². The van der Waals surface area contributed by atoms with Crippen LogP contribution in [0.15, 0.2) is 30.3 Å². The average Bonchev–Trinajstić information content (AvgIpc) is 2.94. The van der Waals surface area contributed by atoms with E-state index >= 15 is 0 Å². The van der Waals surface area contributed by atoms with Gasteiger partial charge in [0.25, 0.3) is 5.91 Å². The molecule has 0 radical (unpaired) electrons. The van der Waals surface area contributed by atoms with Crippen LogP contribution in [0.3, 0.4) is 0 Å². The maximum Gasteiger partial charge on any atom is 0.254 e. The summed E-state index contributed by atoms with van der Waals surface area (Å²) in [4.78, 5) is 19.2. The normalized spacial score (nSPS) is 18.7. The van der Waals surface area contributed by atoms with E-state index in [9.17, 15) is 4.79 Å². The lowest BCUT2D eigenvalue weighted by Crippen LogP contribution is -2.33. The van der Waals surface area contributed by atoms with E-state index in [1.165, 1.54) is 0 Å². The van der Waals surface area contributed by atoms with E-state index < -0.39 is 0 Å². The largest absolute Gasteiger partial charge is 0.337 e. The highest BCUT2D eigenvalue weighted by atomic mass is 16.2. The van der Waals surface area contributed by atoms with Gasteiger partial charge >= 0.3 is 0 Å². The van der Waals surface area contributed by atoms with E-state index in [0.717, 1.165) is 41.7 Å². The van der Waals surface area contributed by atoms with Crippen LogP contribution in [0.4, 0.5) is 0 Å². The van der Waals surface area contributed by atoms with Gasteiger partial charge in [0.05, 0.1) is 11.1 Å². The van der Waals surface area contributed by atoms with E-state index in [0.29, 0.717) is 6.04 Å². The third kappa shape index (κ3) is 2.27. The Morgan fingerprint density at radius 1 is 1.40 bits per heavy atom. The highest BCUT2D eigenvalue weighted by Gasteiger charge is 2.27. The number of aryl methyl sites for hydroxylation is 1. The highest BCUT2D eigenvalue weighted by molar-refractivity contribution is 6.06. The maximum atomic E-state index is 12.7. The molecule has 4 nitrogen and oxygen atoms in total. The number of nitrogens with zero attached hydrogens (tertiary/aromatic N) is 2. The molecule has 1 saturated heterocycles. The van der Waals surface area contributed by atoms with Crippen molar-refractivity contribution in [3.63, 3.8) is 0 Å². The number of hydrogen-bond acceptors (Lipinski definition) is 3. The molecule has 1 aromatic heterocycles. The Kier molecular flexibility index (Phi) is 3.40. The molecule has 0 saturated carbocycles. The summed E-state index contributed by atoms with van der Waals surface area (Å²) in [6, 6.07) is 10.2. The highest BCUT2D eigenvalue weighted by Crippen LogP contribution is 2.21. The fourth-order valence-corrected chi connectivity index (χ4v) is 2.84. The van der Waals surface area contributed by atoms with Crippen molar-refractivity contribution < 1.29 is 4.79 Å². The molecule has 1 aliphatic rings. The van der Waals surface area contributed by atoms with Gasteiger partial charge in [-0.2, -0.15) is 0 Å². The van der Waals surface area contributed by atoms with Crippen LogP contribution in [0.5, 0.6) is 0 Å². The van der Waals surface area contributed by atoms with E-state index in [1.807, 2.05) is 49.2 Å². The number of likely N-dealkylation sites (tertiary alicyclic amines) is 1. The molecular weight excluding hydrogens is 250 g/mol. The molecule has 20 heavy (non-hydrogen) atoms. The summed E-state index contributed by atoms with van der Waals surface area (Å²) >= 11 is 0. The van der Waals surface area contributed by atoms with Crippen molar-refractivity contribution in [2.24, 2.45) is 0 Å². The first kappa shape index (κ1) is 13.1. The summed E-state index contributed by atoms with van der Waals surface area (Å²) in [5, 5.41) is 4.18. The van der Waals surface area contributed by atoms with Crippen molar-refractivity contribution in [2.75, 3.05) is 20.1 Å². The first-order chi connectivity index (χ1) is 9.69. The lowest BCUT2D eigenvalue weighted by molar-refractivity contribution is 0.0791. The molecule has 104 valence electrons. The summed E-state index contributed by atoms with van der Waals surface area (Å²) in [5.41, 5.74) is 2.54. The van der Waals surface area contributed by atoms with Crippen molar-refractivity contribution in [2.45, 2.75) is 19.4 Å². The van der Waals surface area contributed by atoms with Gasteiger partial charge in [0, 0.05) is 30.2 Å². The summed E-state index contributed by atoms with van der Waals surface area (Å²) < 4.78 is 0. The van der Waals surface area contributed by atoms with Crippen LogP contribution in [-0.4, -0.2) is 42.0 Å². The lowest BCUT2D eigenvalue weighted by atomic mass is 10.1. The van der Waals surface area contributed by atoms with Gasteiger partial charge in [-0.3, -0.25) is 9.78 Å². The first-order valence-electron chi connectivity index (χ1n) is 7.02. The Balaban J connectivity index is 1.99. The molecule has 1 N–H and O–H groups in total. The molecule has 1 aromatic carbocycles. The minimum absolute atomic E-state index is 0.115. The SMILES string of the molecule is CNC1CCN(C(=O)c2cc(C)nc3ccccc23)C1. The second-order valence-electron chi connectivity index (χ2n) is 5.35. The predicted molar refractivity (Wildman–Crippen MR) is 79.8 cm³/mol. The molecule has 0 bridgehead atoms.